The van der Waals surface area contributed by atoms with Gasteiger partial charge in [0.05, 0.1) is 0 Å². The number of ether oxygens (including phenoxy) is 1. The van der Waals surface area contributed by atoms with E-state index in [0.29, 0.717) is 25.3 Å². The van der Waals surface area contributed by atoms with Crippen molar-refractivity contribution in [2.45, 2.75) is 26.0 Å². The predicted molar refractivity (Wildman–Crippen MR) is 94.9 cm³/mol. The molecule has 0 atom stereocenters. The van der Waals surface area contributed by atoms with Gasteiger partial charge in [-0.25, -0.2) is 4.39 Å². The first kappa shape index (κ1) is 17.4. The molecule has 1 saturated heterocycles. The van der Waals surface area contributed by atoms with Crippen molar-refractivity contribution in [2.75, 3.05) is 19.6 Å². The maximum absolute atomic E-state index is 13.5. The van der Waals surface area contributed by atoms with Crippen molar-refractivity contribution >= 4 is 5.91 Å². The van der Waals surface area contributed by atoms with Gasteiger partial charge in [0.15, 0.2) is 11.6 Å². The van der Waals surface area contributed by atoms with Gasteiger partial charge < -0.3 is 10.1 Å². The molecule has 1 aliphatic rings. The molecule has 1 fully saturated rings. The van der Waals surface area contributed by atoms with E-state index >= 15 is 0 Å². The number of nitrogens with zero attached hydrogens (tertiary/aromatic N) is 1. The van der Waals surface area contributed by atoms with Crippen LogP contribution in [0.1, 0.15) is 17.5 Å². The summed E-state index contributed by atoms with van der Waals surface area (Å²) in [5.74, 6) is -0.00142. The number of nitrogens with one attached hydrogen (secondary N) is 1. The smallest absolute Gasteiger partial charge is 0.221 e. The SMILES string of the molecule is Cc1ccc(CNC(=O)CCN2CC(Oc3ccccc3F)C2)cc1. The van der Waals surface area contributed by atoms with Crippen LogP contribution in [0.4, 0.5) is 4.39 Å². The van der Waals surface area contributed by atoms with Crippen LogP contribution in [0.3, 0.4) is 0 Å². The Morgan fingerprint density at radius 1 is 1.20 bits per heavy atom. The lowest BCUT2D eigenvalue weighted by molar-refractivity contribution is -0.122. The second-order valence-electron chi connectivity index (χ2n) is 6.44. The summed E-state index contributed by atoms with van der Waals surface area (Å²) in [4.78, 5) is 14.1. The number of hydrogen-bond acceptors (Lipinski definition) is 3. The summed E-state index contributed by atoms with van der Waals surface area (Å²) in [5.41, 5.74) is 2.31. The molecule has 2 aromatic carbocycles. The van der Waals surface area contributed by atoms with E-state index in [1.54, 1.807) is 18.2 Å². The number of carbonyl (C=O) groups excluding carboxylic acids is 1. The number of likely N-dealkylation sites (tertiary alicyclic amines) is 1. The van der Waals surface area contributed by atoms with Crippen LogP contribution in [0, 0.1) is 12.7 Å². The first-order valence-electron chi connectivity index (χ1n) is 8.56. The van der Waals surface area contributed by atoms with E-state index in [9.17, 15) is 9.18 Å². The van der Waals surface area contributed by atoms with Gasteiger partial charge in [-0.05, 0) is 24.6 Å². The van der Waals surface area contributed by atoms with E-state index in [2.05, 4.69) is 10.2 Å². The van der Waals surface area contributed by atoms with Crippen molar-refractivity contribution in [3.8, 4) is 5.75 Å². The zero-order valence-corrected chi connectivity index (χ0v) is 14.4. The zero-order chi connectivity index (χ0) is 17.6. The molecule has 0 aliphatic carbocycles. The highest BCUT2D eigenvalue weighted by molar-refractivity contribution is 5.76. The van der Waals surface area contributed by atoms with E-state index in [0.717, 1.165) is 18.7 Å². The molecule has 3 rings (SSSR count). The Balaban J connectivity index is 1.32. The van der Waals surface area contributed by atoms with E-state index in [-0.39, 0.29) is 17.8 Å². The summed E-state index contributed by atoms with van der Waals surface area (Å²) in [5, 5.41) is 2.93. The number of aryl methyl sites for hydroxylation is 1. The molecule has 5 heteroatoms. The molecule has 132 valence electrons. The van der Waals surface area contributed by atoms with Gasteiger partial charge in [0.1, 0.15) is 6.10 Å². The third-order valence-electron chi connectivity index (χ3n) is 4.32. The van der Waals surface area contributed by atoms with Crippen molar-refractivity contribution in [3.05, 3.63) is 65.5 Å². The molecule has 1 aliphatic heterocycles. The summed E-state index contributed by atoms with van der Waals surface area (Å²) < 4.78 is 19.1. The number of carbonyl (C=O) groups is 1. The van der Waals surface area contributed by atoms with Crippen molar-refractivity contribution in [2.24, 2.45) is 0 Å². The van der Waals surface area contributed by atoms with Crippen LogP contribution in [0.25, 0.3) is 0 Å². The maximum atomic E-state index is 13.5. The zero-order valence-electron chi connectivity index (χ0n) is 14.4. The molecule has 2 aromatic rings. The van der Waals surface area contributed by atoms with Gasteiger partial charge in [-0.2, -0.15) is 0 Å². The van der Waals surface area contributed by atoms with Crippen LogP contribution in [0.5, 0.6) is 5.75 Å². The highest BCUT2D eigenvalue weighted by Gasteiger charge is 2.29. The van der Waals surface area contributed by atoms with Gasteiger partial charge in [-0.1, -0.05) is 42.0 Å². The predicted octanol–water partition coefficient (Wildman–Crippen LogP) is 2.90. The molecule has 1 N–H and O–H groups in total. The number of amides is 1. The Kier molecular flexibility index (Phi) is 5.66. The normalized spacial score (nSPS) is 14.8. The summed E-state index contributed by atoms with van der Waals surface area (Å²) in [6.45, 7) is 4.73. The largest absolute Gasteiger partial charge is 0.485 e. The van der Waals surface area contributed by atoms with Gasteiger partial charge >= 0.3 is 0 Å². The highest BCUT2D eigenvalue weighted by atomic mass is 19.1. The van der Waals surface area contributed by atoms with Crippen LogP contribution in [0.2, 0.25) is 0 Å². The molecule has 4 nitrogen and oxygen atoms in total. The third-order valence-corrected chi connectivity index (χ3v) is 4.32. The monoisotopic (exact) mass is 342 g/mol. The van der Waals surface area contributed by atoms with Crippen LogP contribution in [-0.2, 0) is 11.3 Å². The van der Waals surface area contributed by atoms with Crippen molar-refractivity contribution < 1.29 is 13.9 Å². The topological polar surface area (TPSA) is 41.6 Å². The molecule has 0 saturated carbocycles. The standard InChI is InChI=1S/C20H23FN2O2/c1-15-6-8-16(9-7-15)12-22-20(24)10-11-23-13-17(14-23)25-19-5-3-2-4-18(19)21/h2-9,17H,10-14H2,1H3,(H,22,24). The molecular formula is C20H23FN2O2. The molecule has 0 radical (unpaired) electrons. The van der Waals surface area contributed by atoms with Gasteiger partial charge in [0, 0.05) is 32.6 Å². The number of benzene rings is 2. The Morgan fingerprint density at radius 3 is 2.64 bits per heavy atom. The van der Waals surface area contributed by atoms with E-state index in [1.165, 1.54) is 11.6 Å². The van der Waals surface area contributed by atoms with Gasteiger partial charge in [-0.3, -0.25) is 9.69 Å². The summed E-state index contributed by atoms with van der Waals surface area (Å²) in [7, 11) is 0. The molecule has 0 bridgehead atoms. The average Bonchev–Trinajstić information content (AvgIpc) is 2.58. The summed E-state index contributed by atoms with van der Waals surface area (Å²) in [6.07, 6.45) is 0.450. The Hall–Kier alpha value is -2.40. The highest BCUT2D eigenvalue weighted by Crippen LogP contribution is 2.21. The quantitative estimate of drug-likeness (QED) is 0.841. The average molecular weight is 342 g/mol. The van der Waals surface area contributed by atoms with Crippen LogP contribution >= 0.6 is 0 Å². The van der Waals surface area contributed by atoms with Crippen LogP contribution < -0.4 is 10.1 Å². The number of hydrogen-bond donors (Lipinski definition) is 1. The summed E-state index contributed by atoms with van der Waals surface area (Å²) >= 11 is 0. The second-order valence-corrected chi connectivity index (χ2v) is 6.44. The lowest BCUT2D eigenvalue weighted by atomic mass is 10.1. The minimum atomic E-state index is -0.337. The number of halogens is 1. The fourth-order valence-corrected chi connectivity index (χ4v) is 2.75. The van der Waals surface area contributed by atoms with E-state index in [4.69, 9.17) is 4.74 Å². The van der Waals surface area contributed by atoms with Gasteiger partial charge in [0.2, 0.25) is 5.91 Å². The fraction of sp³-hybridized carbons (Fsp3) is 0.350. The first-order valence-corrected chi connectivity index (χ1v) is 8.56. The van der Waals surface area contributed by atoms with E-state index < -0.39 is 0 Å². The van der Waals surface area contributed by atoms with Gasteiger partial charge in [0.25, 0.3) is 0 Å². The van der Waals surface area contributed by atoms with Gasteiger partial charge in [-0.15, -0.1) is 0 Å². The maximum Gasteiger partial charge on any atom is 0.221 e. The lowest BCUT2D eigenvalue weighted by Gasteiger charge is -2.38. The Bertz CT molecular complexity index is 712. The van der Waals surface area contributed by atoms with E-state index in [1.807, 2.05) is 31.2 Å². The minimum Gasteiger partial charge on any atom is -0.485 e. The Morgan fingerprint density at radius 2 is 1.92 bits per heavy atom. The van der Waals surface area contributed by atoms with Crippen LogP contribution in [0.15, 0.2) is 48.5 Å². The van der Waals surface area contributed by atoms with Crippen LogP contribution in [-0.4, -0.2) is 36.5 Å². The molecular weight excluding hydrogens is 319 g/mol. The minimum absolute atomic E-state index is 0.00693. The third kappa shape index (κ3) is 5.03. The molecule has 0 spiro atoms. The summed E-state index contributed by atoms with van der Waals surface area (Å²) in [6, 6.07) is 14.6. The lowest BCUT2D eigenvalue weighted by Crippen LogP contribution is -2.54. The number of rotatable bonds is 7. The molecule has 0 aromatic heterocycles. The van der Waals surface area contributed by atoms with Crippen molar-refractivity contribution in [1.29, 1.82) is 0 Å². The molecule has 1 heterocycles. The fourth-order valence-electron chi connectivity index (χ4n) is 2.75. The number of para-hydroxylation sites is 1. The molecule has 1 amide bonds. The van der Waals surface area contributed by atoms with Crippen molar-refractivity contribution in [1.82, 2.24) is 10.2 Å². The van der Waals surface area contributed by atoms with Crippen molar-refractivity contribution in [3.63, 3.8) is 0 Å². The first-order chi connectivity index (χ1) is 12.1. The Labute approximate surface area is 147 Å². The molecule has 0 unspecified atom stereocenters. The molecule has 25 heavy (non-hydrogen) atoms. The second kappa shape index (κ2) is 8.12.